The Morgan fingerprint density at radius 3 is 1.62 bits per heavy atom. The van der Waals surface area contributed by atoms with Crippen LogP contribution in [0, 0.1) is 0 Å². The van der Waals surface area contributed by atoms with E-state index in [9.17, 15) is 9.59 Å². The molecule has 0 atom stereocenters. The van der Waals surface area contributed by atoms with Gasteiger partial charge in [-0.15, -0.1) is 0 Å². The van der Waals surface area contributed by atoms with Gasteiger partial charge in [0.1, 0.15) is 0 Å². The minimum absolute atomic E-state index is 0. The SMILES string of the molecule is O=C1CCC(=O)O1.S. The summed E-state index contributed by atoms with van der Waals surface area (Å²) in [4.78, 5) is 20.0. The molecular formula is C4H6O3S. The summed E-state index contributed by atoms with van der Waals surface area (Å²) in [5, 5.41) is 0. The predicted octanol–water partition coefficient (Wildman–Crippen LogP) is -0.0372. The highest BCUT2D eigenvalue weighted by atomic mass is 32.1. The Hall–Kier alpha value is -0.510. The van der Waals surface area contributed by atoms with Crippen molar-refractivity contribution in [3.05, 3.63) is 0 Å². The zero-order chi connectivity index (χ0) is 5.28. The molecule has 0 spiro atoms. The molecule has 0 saturated carbocycles. The lowest BCUT2D eigenvalue weighted by molar-refractivity contribution is -0.151. The van der Waals surface area contributed by atoms with Crippen molar-refractivity contribution in [2.75, 3.05) is 0 Å². The third-order valence-corrected chi connectivity index (χ3v) is 0.761. The number of rotatable bonds is 0. The maximum atomic E-state index is 10.0. The minimum atomic E-state index is -0.398. The quantitative estimate of drug-likeness (QED) is 0.345. The number of esters is 2. The summed E-state index contributed by atoms with van der Waals surface area (Å²) in [6.45, 7) is 0. The molecule has 46 valence electrons. The fourth-order valence-electron chi connectivity index (χ4n) is 0.433. The molecule has 1 heterocycles. The highest BCUT2D eigenvalue weighted by molar-refractivity contribution is 7.59. The predicted molar refractivity (Wildman–Crippen MR) is 30.7 cm³/mol. The normalized spacial score (nSPS) is 17.5. The molecule has 1 saturated heterocycles. The number of cyclic esters (lactones) is 2. The van der Waals surface area contributed by atoms with Gasteiger partial charge in [0.25, 0.3) is 0 Å². The first kappa shape index (κ1) is 7.49. The third-order valence-electron chi connectivity index (χ3n) is 0.761. The van der Waals surface area contributed by atoms with Gasteiger partial charge in [0.2, 0.25) is 0 Å². The summed E-state index contributed by atoms with van der Waals surface area (Å²) in [5.74, 6) is -0.796. The summed E-state index contributed by atoms with van der Waals surface area (Å²) in [6, 6.07) is 0. The molecule has 8 heavy (non-hydrogen) atoms. The molecular weight excluding hydrogens is 128 g/mol. The van der Waals surface area contributed by atoms with Gasteiger partial charge in [-0.2, -0.15) is 13.5 Å². The molecule has 1 aliphatic heterocycles. The van der Waals surface area contributed by atoms with Crippen LogP contribution in [0.15, 0.2) is 0 Å². The van der Waals surface area contributed by atoms with Crippen molar-refractivity contribution in [1.82, 2.24) is 0 Å². The molecule has 0 aliphatic carbocycles. The Balaban J connectivity index is 0.000000490. The van der Waals surface area contributed by atoms with Gasteiger partial charge in [-0.05, 0) is 0 Å². The molecule has 0 amide bonds. The first-order valence-electron chi connectivity index (χ1n) is 2.02. The Kier molecular flexibility index (Phi) is 2.54. The van der Waals surface area contributed by atoms with E-state index in [2.05, 4.69) is 4.74 Å². The van der Waals surface area contributed by atoms with E-state index in [1.807, 2.05) is 0 Å². The average Bonchev–Trinajstić information content (AvgIpc) is 1.87. The van der Waals surface area contributed by atoms with Crippen molar-refractivity contribution in [3.8, 4) is 0 Å². The molecule has 0 radical (unpaired) electrons. The van der Waals surface area contributed by atoms with Crippen LogP contribution in [0.2, 0.25) is 0 Å². The van der Waals surface area contributed by atoms with Crippen molar-refractivity contribution < 1.29 is 14.3 Å². The van der Waals surface area contributed by atoms with Crippen LogP contribution in [0.5, 0.6) is 0 Å². The summed E-state index contributed by atoms with van der Waals surface area (Å²) in [6.07, 6.45) is 0.525. The second-order valence-corrected chi connectivity index (χ2v) is 1.35. The zero-order valence-corrected chi connectivity index (χ0v) is 5.14. The molecule has 0 aromatic carbocycles. The van der Waals surface area contributed by atoms with Crippen LogP contribution in [0.4, 0.5) is 0 Å². The Morgan fingerprint density at radius 1 is 1.12 bits per heavy atom. The third kappa shape index (κ3) is 1.54. The number of carbonyl (C=O) groups is 2. The summed E-state index contributed by atoms with van der Waals surface area (Å²) in [7, 11) is 0. The topological polar surface area (TPSA) is 43.4 Å². The van der Waals surface area contributed by atoms with Crippen LogP contribution >= 0.6 is 13.5 Å². The van der Waals surface area contributed by atoms with E-state index in [0.717, 1.165) is 0 Å². The lowest BCUT2D eigenvalue weighted by atomic mass is 10.4. The smallest absolute Gasteiger partial charge is 0.314 e. The van der Waals surface area contributed by atoms with E-state index in [1.165, 1.54) is 0 Å². The number of hydrogen-bond acceptors (Lipinski definition) is 3. The lowest BCUT2D eigenvalue weighted by Crippen LogP contribution is -1.94. The monoisotopic (exact) mass is 134 g/mol. The van der Waals surface area contributed by atoms with Gasteiger partial charge in [0.05, 0.1) is 12.8 Å². The van der Waals surface area contributed by atoms with Crippen LogP contribution in [0.1, 0.15) is 12.8 Å². The largest absolute Gasteiger partial charge is 0.393 e. The summed E-state index contributed by atoms with van der Waals surface area (Å²) < 4.78 is 4.08. The number of carbonyl (C=O) groups excluding carboxylic acids is 2. The second-order valence-electron chi connectivity index (χ2n) is 1.35. The fourth-order valence-corrected chi connectivity index (χ4v) is 0.433. The molecule has 1 fully saturated rings. The number of ether oxygens (including phenoxy) is 1. The summed E-state index contributed by atoms with van der Waals surface area (Å²) >= 11 is 0. The van der Waals surface area contributed by atoms with Gasteiger partial charge >= 0.3 is 11.9 Å². The lowest BCUT2D eigenvalue weighted by Gasteiger charge is -1.79. The number of hydrogen-bond donors (Lipinski definition) is 0. The molecule has 4 heteroatoms. The fraction of sp³-hybridized carbons (Fsp3) is 0.500. The molecule has 0 bridgehead atoms. The molecule has 1 aliphatic rings. The van der Waals surface area contributed by atoms with Crippen LogP contribution < -0.4 is 0 Å². The van der Waals surface area contributed by atoms with Gasteiger partial charge in [-0.25, -0.2) is 0 Å². The van der Waals surface area contributed by atoms with Crippen molar-refractivity contribution in [2.45, 2.75) is 12.8 Å². The molecule has 0 unspecified atom stereocenters. The molecule has 1 rings (SSSR count). The van der Waals surface area contributed by atoms with E-state index < -0.39 is 11.9 Å². The summed E-state index contributed by atoms with van der Waals surface area (Å²) in [5.41, 5.74) is 0. The second kappa shape index (κ2) is 2.71. The Labute approximate surface area is 53.5 Å². The average molecular weight is 134 g/mol. The maximum Gasteiger partial charge on any atom is 0.314 e. The first-order chi connectivity index (χ1) is 3.29. The minimum Gasteiger partial charge on any atom is -0.393 e. The van der Waals surface area contributed by atoms with Gasteiger partial charge in [0.15, 0.2) is 0 Å². The Bertz CT molecular complexity index is 106. The molecule has 0 aromatic heterocycles. The van der Waals surface area contributed by atoms with Gasteiger partial charge < -0.3 is 4.74 Å². The molecule has 3 nitrogen and oxygen atoms in total. The van der Waals surface area contributed by atoms with E-state index in [1.54, 1.807) is 0 Å². The van der Waals surface area contributed by atoms with Crippen molar-refractivity contribution >= 4 is 25.4 Å². The molecule has 0 aromatic rings. The first-order valence-corrected chi connectivity index (χ1v) is 2.02. The standard InChI is InChI=1S/C4H4O3.H2S/c5-3-1-2-4(6)7-3;/h1-2H2;1H2. The highest BCUT2D eigenvalue weighted by Gasteiger charge is 2.19. The molecule has 0 N–H and O–H groups in total. The van der Waals surface area contributed by atoms with E-state index in [4.69, 9.17) is 0 Å². The van der Waals surface area contributed by atoms with Crippen LogP contribution in [0.3, 0.4) is 0 Å². The van der Waals surface area contributed by atoms with E-state index in [0.29, 0.717) is 0 Å². The Morgan fingerprint density at radius 2 is 1.50 bits per heavy atom. The van der Waals surface area contributed by atoms with Crippen molar-refractivity contribution in [1.29, 1.82) is 0 Å². The maximum absolute atomic E-state index is 10.0. The van der Waals surface area contributed by atoms with E-state index >= 15 is 0 Å². The highest BCUT2D eigenvalue weighted by Crippen LogP contribution is 2.03. The van der Waals surface area contributed by atoms with Gasteiger partial charge in [0, 0.05) is 0 Å². The van der Waals surface area contributed by atoms with Crippen LogP contribution in [-0.4, -0.2) is 11.9 Å². The zero-order valence-electron chi connectivity index (χ0n) is 4.14. The van der Waals surface area contributed by atoms with Crippen molar-refractivity contribution in [2.24, 2.45) is 0 Å². The van der Waals surface area contributed by atoms with Crippen LogP contribution in [-0.2, 0) is 14.3 Å². The van der Waals surface area contributed by atoms with Crippen molar-refractivity contribution in [3.63, 3.8) is 0 Å². The van der Waals surface area contributed by atoms with Gasteiger partial charge in [-0.1, -0.05) is 0 Å². The van der Waals surface area contributed by atoms with E-state index in [-0.39, 0.29) is 26.3 Å². The van der Waals surface area contributed by atoms with Crippen LogP contribution in [0.25, 0.3) is 0 Å². The van der Waals surface area contributed by atoms with Gasteiger partial charge in [-0.3, -0.25) is 9.59 Å².